The molecule has 84 valence electrons. The summed E-state index contributed by atoms with van der Waals surface area (Å²) >= 11 is 5.01. The van der Waals surface area contributed by atoms with Crippen molar-refractivity contribution in [3.8, 4) is 0 Å². The number of thiophene rings is 1. The van der Waals surface area contributed by atoms with Gasteiger partial charge in [-0.15, -0.1) is 11.3 Å². The first-order valence-electron chi connectivity index (χ1n) is 5.07. The Morgan fingerprint density at radius 2 is 1.94 bits per heavy atom. The highest BCUT2D eigenvalue weighted by molar-refractivity contribution is 9.10. The molecule has 0 aliphatic heterocycles. The summed E-state index contributed by atoms with van der Waals surface area (Å²) in [5.41, 5.74) is 3.41. The highest BCUT2D eigenvalue weighted by atomic mass is 79.9. The van der Waals surface area contributed by atoms with E-state index < -0.39 is 6.10 Å². The lowest BCUT2D eigenvalue weighted by molar-refractivity contribution is 0.223. The van der Waals surface area contributed by atoms with E-state index >= 15 is 0 Å². The van der Waals surface area contributed by atoms with Gasteiger partial charge in [0.15, 0.2) is 0 Å². The molecule has 16 heavy (non-hydrogen) atoms. The van der Waals surface area contributed by atoms with E-state index in [0.29, 0.717) is 0 Å². The Bertz CT molecular complexity index is 504. The van der Waals surface area contributed by atoms with Gasteiger partial charge in [0.05, 0.1) is 4.88 Å². The Morgan fingerprint density at radius 1 is 1.19 bits per heavy atom. The molecule has 0 spiro atoms. The summed E-state index contributed by atoms with van der Waals surface area (Å²) in [6, 6.07) is 8.05. The van der Waals surface area contributed by atoms with Gasteiger partial charge in [-0.2, -0.15) is 0 Å². The number of aryl methyl sites for hydroxylation is 2. The minimum atomic E-state index is -0.534. The molecule has 0 amide bonds. The van der Waals surface area contributed by atoms with Gasteiger partial charge in [-0.1, -0.05) is 18.2 Å². The summed E-state index contributed by atoms with van der Waals surface area (Å²) in [5.74, 6) is 0. The van der Waals surface area contributed by atoms with E-state index in [1.807, 2.05) is 23.6 Å². The van der Waals surface area contributed by atoms with Crippen LogP contribution < -0.4 is 0 Å². The van der Waals surface area contributed by atoms with Crippen molar-refractivity contribution in [2.75, 3.05) is 0 Å². The molecule has 1 aromatic heterocycles. The number of aliphatic hydroxyl groups excluding tert-OH is 1. The van der Waals surface area contributed by atoms with Crippen LogP contribution in [-0.2, 0) is 0 Å². The molecule has 0 radical (unpaired) electrons. The summed E-state index contributed by atoms with van der Waals surface area (Å²) < 4.78 is 0.975. The lowest BCUT2D eigenvalue weighted by Gasteiger charge is -2.11. The van der Waals surface area contributed by atoms with Crippen LogP contribution in [0.5, 0.6) is 0 Å². The maximum Gasteiger partial charge on any atom is 0.114 e. The summed E-state index contributed by atoms with van der Waals surface area (Å²) in [5, 5.41) is 12.2. The van der Waals surface area contributed by atoms with Gasteiger partial charge in [0.25, 0.3) is 0 Å². The topological polar surface area (TPSA) is 20.2 Å². The minimum Gasteiger partial charge on any atom is -0.383 e. The van der Waals surface area contributed by atoms with Crippen LogP contribution in [0.15, 0.2) is 34.1 Å². The first-order valence-corrected chi connectivity index (χ1v) is 6.75. The lowest BCUT2D eigenvalue weighted by Crippen LogP contribution is -1.98. The van der Waals surface area contributed by atoms with Gasteiger partial charge >= 0.3 is 0 Å². The van der Waals surface area contributed by atoms with Crippen LogP contribution in [0, 0.1) is 13.8 Å². The third-order valence-corrected chi connectivity index (χ3v) is 4.66. The van der Waals surface area contributed by atoms with Gasteiger partial charge in [-0.25, -0.2) is 0 Å². The van der Waals surface area contributed by atoms with Crippen molar-refractivity contribution in [2.45, 2.75) is 20.0 Å². The number of hydrogen-bond donors (Lipinski definition) is 1. The van der Waals surface area contributed by atoms with E-state index in [0.717, 1.165) is 14.9 Å². The maximum atomic E-state index is 10.3. The Morgan fingerprint density at radius 3 is 2.50 bits per heavy atom. The van der Waals surface area contributed by atoms with Crippen molar-refractivity contribution >= 4 is 27.3 Å². The molecule has 0 fully saturated rings. The van der Waals surface area contributed by atoms with Crippen molar-refractivity contribution in [2.24, 2.45) is 0 Å². The zero-order valence-electron chi connectivity index (χ0n) is 9.20. The van der Waals surface area contributed by atoms with E-state index in [9.17, 15) is 5.11 Å². The van der Waals surface area contributed by atoms with Crippen LogP contribution in [0.1, 0.15) is 27.7 Å². The largest absolute Gasteiger partial charge is 0.383 e. The zero-order chi connectivity index (χ0) is 11.7. The predicted molar refractivity (Wildman–Crippen MR) is 72.0 cm³/mol. The highest BCUT2D eigenvalue weighted by Gasteiger charge is 2.15. The molecule has 0 aliphatic carbocycles. The first kappa shape index (κ1) is 11.8. The Labute approximate surface area is 108 Å². The molecule has 0 saturated carbocycles. The summed E-state index contributed by atoms with van der Waals surface area (Å²) in [6.07, 6.45) is -0.534. The fourth-order valence-electron chi connectivity index (χ4n) is 1.59. The first-order chi connectivity index (χ1) is 7.59. The van der Waals surface area contributed by atoms with E-state index in [1.54, 1.807) is 11.3 Å². The molecule has 1 atom stereocenters. The van der Waals surface area contributed by atoms with Crippen molar-refractivity contribution in [1.29, 1.82) is 0 Å². The van der Waals surface area contributed by atoms with Crippen LogP contribution in [0.4, 0.5) is 0 Å². The molecule has 0 aliphatic rings. The normalized spacial score (nSPS) is 12.8. The Kier molecular flexibility index (Phi) is 3.47. The fourth-order valence-corrected chi connectivity index (χ4v) is 3.19. The van der Waals surface area contributed by atoms with Crippen LogP contribution in [0.25, 0.3) is 0 Å². The third kappa shape index (κ3) is 2.21. The molecule has 3 heteroatoms. The van der Waals surface area contributed by atoms with Crippen LogP contribution in [0.2, 0.25) is 0 Å². The average Bonchev–Trinajstić information content (AvgIpc) is 2.67. The zero-order valence-corrected chi connectivity index (χ0v) is 11.6. The summed E-state index contributed by atoms with van der Waals surface area (Å²) in [7, 11) is 0. The fraction of sp³-hybridized carbons (Fsp3) is 0.231. The SMILES string of the molecule is Cc1ccc(C(O)c2sccc2Br)cc1C. The van der Waals surface area contributed by atoms with Gasteiger partial charge in [0.2, 0.25) is 0 Å². The smallest absolute Gasteiger partial charge is 0.114 e. The van der Waals surface area contributed by atoms with E-state index in [4.69, 9.17) is 0 Å². The molecule has 0 bridgehead atoms. The molecule has 0 saturated heterocycles. The van der Waals surface area contributed by atoms with Gasteiger partial charge in [-0.3, -0.25) is 0 Å². The second kappa shape index (κ2) is 4.70. The molecular formula is C13H13BrOS. The van der Waals surface area contributed by atoms with Gasteiger partial charge < -0.3 is 5.11 Å². The lowest BCUT2D eigenvalue weighted by atomic mass is 10.0. The number of aliphatic hydroxyl groups is 1. The number of rotatable bonds is 2. The van der Waals surface area contributed by atoms with Gasteiger partial charge in [-0.05, 0) is 57.9 Å². The molecule has 2 rings (SSSR count). The van der Waals surface area contributed by atoms with Crippen LogP contribution in [0.3, 0.4) is 0 Å². The highest BCUT2D eigenvalue weighted by Crippen LogP contribution is 2.33. The van der Waals surface area contributed by atoms with Crippen LogP contribution >= 0.6 is 27.3 Å². The number of benzene rings is 1. The second-order valence-electron chi connectivity index (χ2n) is 3.88. The van der Waals surface area contributed by atoms with E-state index in [1.165, 1.54) is 11.1 Å². The molecule has 2 aromatic rings. The van der Waals surface area contributed by atoms with Crippen molar-refractivity contribution in [3.63, 3.8) is 0 Å². The van der Waals surface area contributed by atoms with Crippen LogP contribution in [-0.4, -0.2) is 5.11 Å². The minimum absolute atomic E-state index is 0.534. The quantitative estimate of drug-likeness (QED) is 0.880. The summed E-state index contributed by atoms with van der Waals surface area (Å²) in [6.45, 7) is 4.14. The van der Waals surface area contributed by atoms with E-state index in [-0.39, 0.29) is 0 Å². The molecule has 1 unspecified atom stereocenters. The van der Waals surface area contributed by atoms with Gasteiger partial charge in [0.1, 0.15) is 6.10 Å². The Hall–Kier alpha value is -0.640. The summed E-state index contributed by atoms with van der Waals surface area (Å²) in [4.78, 5) is 0.961. The molecule has 1 heterocycles. The van der Waals surface area contributed by atoms with Crippen molar-refractivity contribution in [3.05, 3.63) is 55.7 Å². The standard InChI is InChI=1S/C13H13BrOS/c1-8-3-4-10(7-9(8)2)12(15)13-11(14)5-6-16-13/h3-7,12,15H,1-2H3. The number of halogens is 1. The van der Waals surface area contributed by atoms with Gasteiger partial charge in [0, 0.05) is 4.47 Å². The van der Waals surface area contributed by atoms with Crippen molar-refractivity contribution in [1.82, 2.24) is 0 Å². The third-order valence-electron chi connectivity index (χ3n) is 2.74. The molecule has 1 nitrogen and oxygen atoms in total. The predicted octanol–water partition coefficient (Wildman–Crippen LogP) is 4.21. The van der Waals surface area contributed by atoms with Crippen molar-refractivity contribution < 1.29 is 5.11 Å². The monoisotopic (exact) mass is 296 g/mol. The maximum absolute atomic E-state index is 10.3. The second-order valence-corrected chi connectivity index (χ2v) is 5.68. The average molecular weight is 297 g/mol. The molecule has 1 aromatic carbocycles. The Balaban J connectivity index is 2.38. The number of hydrogen-bond acceptors (Lipinski definition) is 2. The van der Waals surface area contributed by atoms with E-state index in [2.05, 4.69) is 35.8 Å². The molecular weight excluding hydrogens is 284 g/mol. The molecule has 1 N–H and O–H groups in total.